The molecular weight excluding hydrogens is 554 g/mol. The Labute approximate surface area is 257 Å². The maximum atomic E-state index is 9.55. The van der Waals surface area contributed by atoms with Crippen LogP contribution in [-0.4, -0.2) is 68.0 Å². The van der Waals surface area contributed by atoms with Gasteiger partial charge in [-0.25, -0.2) is 9.59 Å². The maximum absolute atomic E-state index is 9.55. The van der Waals surface area contributed by atoms with Crippen LogP contribution in [0.1, 0.15) is 42.0 Å². The minimum Gasteiger partial charge on any atom is -0.478 e. The lowest BCUT2D eigenvalue weighted by Gasteiger charge is -2.33. The van der Waals surface area contributed by atoms with Crippen molar-refractivity contribution in [1.29, 1.82) is 0 Å². The second-order valence-electron chi connectivity index (χ2n) is 10.8. The van der Waals surface area contributed by atoms with Gasteiger partial charge in [0.1, 0.15) is 5.82 Å². The second-order valence-corrected chi connectivity index (χ2v) is 10.8. The van der Waals surface area contributed by atoms with Crippen LogP contribution in [-0.2, 0) is 16.1 Å². The number of benzene rings is 3. The molecule has 0 spiro atoms. The number of fused-ring (bicyclic) bond motifs is 3. The summed E-state index contributed by atoms with van der Waals surface area (Å²) in [5.74, 6) is -0.521. The number of hydrogen-bond acceptors (Lipinski definition) is 6. The normalized spacial score (nSPS) is 14.4. The van der Waals surface area contributed by atoms with Crippen LogP contribution < -0.4 is 4.90 Å². The van der Waals surface area contributed by atoms with Crippen molar-refractivity contribution in [3.63, 3.8) is 0 Å². The molecule has 0 bridgehead atoms. The number of piperidine rings is 1. The lowest BCUT2D eigenvalue weighted by Crippen LogP contribution is -2.35. The zero-order valence-corrected chi connectivity index (χ0v) is 24.8. The monoisotopic (exact) mass is 591 g/mol. The molecule has 3 aromatic carbocycles. The summed E-state index contributed by atoms with van der Waals surface area (Å²) in [4.78, 5) is 24.2. The van der Waals surface area contributed by atoms with Gasteiger partial charge in [0, 0.05) is 31.8 Å². The van der Waals surface area contributed by atoms with Crippen molar-refractivity contribution < 1.29 is 19.8 Å². The summed E-state index contributed by atoms with van der Waals surface area (Å²) in [5.41, 5.74) is 8.16. The average Bonchev–Trinajstić information content (AvgIpc) is 3.42. The number of para-hydroxylation sites is 2. The summed E-state index contributed by atoms with van der Waals surface area (Å²) >= 11 is 0. The second kappa shape index (κ2) is 14.4. The van der Waals surface area contributed by atoms with Gasteiger partial charge in [-0.1, -0.05) is 78.4 Å². The third kappa shape index (κ3) is 7.48. The van der Waals surface area contributed by atoms with Crippen LogP contribution in [0.4, 0.5) is 5.69 Å². The van der Waals surface area contributed by atoms with Gasteiger partial charge in [-0.3, -0.25) is 4.57 Å². The van der Waals surface area contributed by atoms with Gasteiger partial charge in [0.05, 0.1) is 17.9 Å². The fraction of sp³-hybridized carbons (Fsp3) is 0.257. The van der Waals surface area contributed by atoms with Gasteiger partial charge >= 0.3 is 11.9 Å². The van der Waals surface area contributed by atoms with E-state index in [4.69, 9.17) is 10.2 Å². The topological polar surface area (TPSA) is 112 Å². The Balaban J connectivity index is 0.000000426. The molecule has 2 N–H and O–H groups in total. The highest BCUT2D eigenvalue weighted by molar-refractivity contribution is 5.89. The molecule has 44 heavy (non-hydrogen) atoms. The van der Waals surface area contributed by atoms with Crippen molar-refractivity contribution in [1.82, 2.24) is 19.7 Å². The highest BCUT2D eigenvalue weighted by Gasteiger charge is 2.25. The summed E-state index contributed by atoms with van der Waals surface area (Å²) in [6, 6.07) is 30.4. The molecule has 1 saturated heterocycles. The summed E-state index contributed by atoms with van der Waals surface area (Å²) in [7, 11) is 0. The van der Waals surface area contributed by atoms with E-state index in [0.29, 0.717) is 12.2 Å². The number of aliphatic carboxylic acids is 2. The zero-order chi connectivity index (χ0) is 30.9. The van der Waals surface area contributed by atoms with Crippen molar-refractivity contribution in [2.45, 2.75) is 32.7 Å². The molecule has 0 saturated carbocycles. The standard InChI is InChI=1S/C31H33N5.C4H4O4/c1-24-32-33-30-23-35(28-15-8-9-16-29(28)36(24)30)20-10-19-34-21-17-27(18-22-34)31(25-11-4-2-5-12-25)26-13-6-3-7-14-26;5-3(6)1-2-4(7)8/h2-9,11-16H,10,17-23H2,1H3;1-2H,(H,5,6)(H,7,8)/b;2-1-. The van der Waals surface area contributed by atoms with Crippen LogP contribution in [0.5, 0.6) is 0 Å². The number of carboxylic acids is 2. The number of aromatic nitrogens is 3. The van der Waals surface area contributed by atoms with Gasteiger partial charge in [-0.05, 0) is 61.6 Å². The van der Waals surface area contributed by atoms with E-state index in [2.05, 4.69) is 109 Å². The molecule has 9 nitrogen and oxygen atoms in total. The smallest absolute Gasteiger partial charge is 0.328 e. The first kappa shape index (κ1) is 30.4. The van der Waals surface area contributed by atoms with Crippen LogP contribution in [0.15, 0.2) is 103 Å². The van der Waals surface area contributed by atoms with E-state index in [-0.39, 0.29) is 0 Å². The Morgan fingerprint density at radius 3 is 1.86 bits per heavy atom. The molecule has 0 unspecified atom stereocenters. The molecule has 226 valence electrons. The number of carboxylic acid groups (broad SMARTS) is 2. The average molecular weight is 592 g/mol. The van der Waals surface area contributed by atoms with E-state index in [1.807, 2.05) is 6.92 Å². The number of carbonyl (C=O) groups is 2. The molecule has 0 aliphatic carbocycles. The summed E-state index contributed by atoms with van der Waals surface area (Å²) in [6.07, 6.45) is 4.53. The fourth-order valence-corrected chi connectivity index (χ4v) is 5.91. The van der Waals surface area contributed by atoms with Gasteiger partial charge in [-0.2, -0.15) is 0 Å². The van der Waals surface area contributed by atoms with Gasteiger partial charge in [0.2, 0.25) is 0 Å². The molecule has 2 aliphatic rings. The van der Waals surface area contributed by atoms with Crippen molar-refractivity contribution in [2.24, 2.45) is 0 Å². The highest BCUT2D eigenvalue weighted by Crippen LogP contribution is 2.34. The van der Waals surface area contributed by atoms with Crippen LogP contribution in [0.3, 0.4) is 0 Å². The van der Waals surface area contributed by atoms with Gasteiger partial charge < -0.3 is 20.0 Å². The Bertz CT molecular complexity index is 1580. The number of likely N-dealkylation sites (tertiary alicyclic amines) is 1. The van der Waals surface area contributed by atoms with E-state index in [9.17, 15) is 9.59 Å². The van der Waals surface area contributed by atoms with Crippen molar-refractivity contribution in [2.75, 3.05) is 31.1 Å². The Morgan fingerprint density at radius 2 is 1.30 bits per heavy atom. The Morgan fingerprint density at radius 1 is 0.750 bits per heavy atom. The first-order valence-corrected chi connectivity index (χ1v) is 14.8. The molecule has 1 aromatic heterocycles. The maximum Gasteiger partial charge on any atom is 0.328 e. The predicted octanol–water partition coefficient (Wildman–Crippen LogP) is 5.60. The number of anilines is 1. The lowest BCUT2D eigenvalue weighted by molar-refractivity contribution is -0.134. The largest absolute Gasteiger partial charge is 0.478 e. The SMILES string of the molecule is Cc1nnc2n1-c1ccccc1N(CCCN1CCC(=C(c3ccccc3)c3ccccc3)CC1)C2.O=C(O)/C=C\C(=O)O. The van der Waals surface area contributed by atoms with Crippen LogP contribution in [0.2, 0.25) is 0 Å². The van der Waals surface area contributed by atoms with E-state index in [1.165, 1.54) is 28.1 Å². The molecule has 2 aliphatic heterocycles. The zero-order valence-electron chi connectivity index (χ0n) is 24.8. The summed E-state index contributed by atoms with van der Waals surface area (Å²) < 4.78 is 2.20. The molecule has 0 atom stereocenters. The highest BCUT2D eigenvalue weighted by atomic mass is 16.4. The third-order valence-corrected chi connectivity index (χ3v) is 7.90. The number of aryl methyl sites for hydroxylation is 1. The van der Waals surface area contributed by atoms with Crippen LogP contribution >= 0.6 is 0 Å². The molecule has 6 rings (SSSR count). The third-order valence-electron chi connectivity index (χ3n) is 7.90. The molecule has 0 amide bonds. The molecule has 0 radical (unpaired) electrons. The van der Waals surface area contributed by atoms with E-state index in [1.54, 1.807) is 5.57 Å². The first-order valence-electron chi connectivity index (χ1n) is 14.8. The van der Waals surface area contributed by atoms with E-state index >= 15 is 0 Å². The molecule has 4 aromatic rings. The molecule has 1 fully saturated rings. The predicted molar refractivity (Wildman–Crippen MR) is 171 cm³/mol. The number of hydrogen-bond donors (Lipinski definition) is 2. The summed E-state index contributed by atoms with van der Waals surface area (Å²) in [5, 5.41) is 24.4. The van der Waals surface area contributed by atoms with Crippen molar-refractivity contribution >= 4 is 23.2 Å². The number of rotatable bonds is 8. The quantitative estimate of drug-likeness (QED) is 0.255. The molecule has 3 heterocycles. The van der Waals surface area contributed by atoms with Crippen molar-refractivity contribution in [3.8, 4) is 5.69 Å². The van der Waals surface area contributed by atoms with Gasteiger partial charge in [-0.15, -0.1) is 10.2 Å². The van der Waals surface area contributed by atoms with E-state index in [0.717, 1.165) is 63.6 Å². The Hall–Kier alpha value is -5.02. The molecule has 9 heteroatoms. The first-order chi connectivity index (χ1) is 21.4. The summed E-state index contributed by atoms with van der Waals surface area (Å²) in [6.45, 7) is 7.27. The van der Waals surface area contributed by atoms with Crippen molar-refractivity contribution in [3.05, 3.63) is 125 Å². The fourth-order valence-electron chi connectivity index (χ4n) is 5.91. The number of nitrogens with zero attached hydrogens (tertiary/aromatic N) is 5. The Kier molecular flexibility index (Phi) is 9.99. The van der Waals surface area contributed by atoms with Crippen LogP contribution in [0, 0.1) is 6.92 Å². The molecular formula is C35H37N5O4. The van der Waals surface area contributed by atoms with Gasteiger partial charge in [0.25, 0.3) is 0 Å². The minimum atomic E-state index is -1.26. The lowest BCUT2D eigenvalue weighted by atomic mass is 9.88. The van der Waals surface area contributed by atoms with Crippen LogP contribution in [0.25, 0.3) is 11.3 Å². The minimum absolute atomic E-state index is 0.558. The van der Waals surface area contributed by atoms with Gasteiger partial charge in [0.15, 0.2) is 5.82 Å². The van der Waals surface area contributed by atoms with E-state index < -0.39 is 11.9 Å².